The monoisotopic (exact) mass is 192 g/mol. The number of carbonyl (C=O) groups excluding carboxylic acids is 1. The quantitative estimate of drug-likeness (QED) is 0.638. The predicted octanol–water partition coefficient (Wildman–Crippen LogP) is 1.99. The molecular weight excluding hydrogens is 191 g/mol. The standard InChI is InChI=1S/C5H2BrFO2/c6-5-3(1-8)4(7)2-9-5/h1-2H. The Balaban J connectivity index is 3.22. The van der Waals surface area contributed by atoms with Crippen molar-refractivity contribution in [2.24, 2.45) is 0 Å². The number of hydrogen-bond donors (Lipinski definition) is 0. The van der Waals surface area contributed by atoms with Crippen LogP contribution in [-0.4, -0.2) is 6.29 Å². The van der Waals surface area contributed by atoms with Gasteiger partial charge in [0.15, 0.2) is 16.8 Å². The molecule has 1 heterocycles. The van der Waals surface area contributed by atoms with E-state index in [2.05, 4.69) is 20.3 Å². The Kier molecular flexibility index (Phi) is 1.66. The third kappa shape index (κ3) is 1.03. The molecule has 1 rings (SSSR count). The average molecular weight is 193 g/mol. The average Bonchev–Trinajstić information content (AvgIpc) is 2.12. The summed E-state index contributed by atoms with van der Waals surface area (Å²) in [6, 6.07) is 0. The van der Waals surface area contributed by atoms with Gasteiger partial charge in [-0.3, -0.25) is 4.79 Å². The predicted molar refractivity (Wildman–Crippen MR) is 31.8 cm³/mol. The van der Waals surface area contributed by atoms with Gasteiger partial charge in [-0.2, -0.15) is 0 Å². The van der Waals surface area contributed by atoms with Gasteiger partial charge < -0.3 is 4.42 Å². The molecule has 0 aliphatic rings. The lowest BCUT2D eigenvalue weighted by Gasteiger charge is -1.78. The van der Waals surface area contributed by atoms with Crippen molar-refractivity contribution in [3.63, 3.8) is 0 Å². The Bertz CT molecular complexity index is 211. The Morgan fingerprint density at radius 3 is 2.67 bits per heavy atom. The summed E-state index contributed by atoms with van der Waals surface area (Å²) in [5.41, 5.74) is -0.0741. The van der Waals surface area contributed by atoms with Crippen LogP contribution in [0.25, 0.3) is 0 Å². The van der Waals surface area contributed by atoms with Crippen LogP contribution in [0.5, 0.6) is 0 Å². The normalized spacial score (nSPS) is 9.56. The molecule has 0 aliphatic heterocycles. The second kappa shape index (κ2) is 2.31. The lowest BCUT2D eigenvalue weighted by atomic mass is 10.4. The molecule has 0 aromatic carbocycles. The maximum Gasteiger partial charge on any atom is 0.182 e. The van der Waals surface area contributed by atoms with Crippen molar-refractivity contribution in [1.29, 1.82) is 0 Å². The molecule has 0 atom stereocenters. The van der Waals surface area contributed by atoms with E-state index in [9.17, 15) is 9.18 Å². The number of aldehydes is 1. The highest BCUT2D eigenvalue weighted by molar-refractivity contribution is 9.10. The minimum atomic E-state index is -0.642. The lowest BCUT2D eigenvalue weighted by Crippen LogP contribution is -1.78. The van der Waals surface area contributed by atoms with E-state index in [1.807, 2.05) is 0 Å². The molecule has 48 valence electrons. The first kappa shape index (κ1) is 6.48. The van der Waals surface area contributed by atoms with Gasteiger partial charge in [-0.05, 0) is 15.9 Å². The highest BCUT2D eigenvalue weighted by atomic mass is 79.9. The minimum absolute atomic E-state index is 0.0741. The van der Waals surface area contributed by atoms with Gasteiger partial charge in [0.25, 0.3) is 0 Å². The molecule has 0 fully saturated rings. The van der Waals surface area contributed by atoms with Crippen molar-refractivity contribution in [3.05, 3.63) is 22.3 Å². The Labute approximate surface area is 58.8 Å². The molecule has 0 aliphatic carbocycles. The maximum absolute atomic E-state index is 12.3. The topological polar surface area (TPSA) is 30.2 Å². The largest absolute Gasteiger partial charge is 0.454 e. The molecule has 1 aromatic heterocycles. The molecule has 0 saturated heterocycles. The fourth-order valence-electron chi connectivity index (χ4n) is 0.427. The zero-order chi connectivity index (χ0) is 6.85. The van der Waals surface area contributed by atoms with Crippen LogP contribution in [0.3, 0.4) is 0 Å². The zero-order valence-electron chi connectivity index (χ0n) is 4.23. The summed E-state index contributed by atoms with van der Waals surface area (Å²) < 4.78 is 16.9. The number of furan rings is 1. The summed E-state index contributed by atoms with van der Waals surface area (Å²) in [5.74, 6) is -0.642. The van der Waals surface area contributed by atoms with E-state index in [4.69, 9.17) is 0 Å². The van der Waals surface area contributed by atoms with E-state index in [1.165, 1.54) is 0 Å². The first-order chi connectivity index (χ1) is 4.25. The SMILES string of the molecule is O=Cc1c(F)coc1Br. The Hall–Kier alpha value is -0.640. The molecule has 0 saturated carbocycles. The van der Waals surface area contributed by atoms with E-state index >= 15 is 0 Å². The van der Waals surface area contributed by atoms with Crippen molar-refractivity contribution in [3.8, 4) is 0 Å². The summed E-state index contributed by atoms with van der Waals surface area (Å²) in [5, 5.41) is 0. The van der Waals surface area contributed by atoms with Gasteiger partial charge in [0, 0.05) is 0 Å². The van der Waals surface area contributed by atoms with Gasteiger partial charge in [0.05, 0.1) is 0 Å². The number of halogens is 2. The first-order valence-electron chi connectivity index (χ1n) is 2.13. The summed E-state index contributed by atoms with van der Waals surface area (Å²) in [6.07, 6.45) is 1.26. The Morgan fingerprint density at radius 2 is 2.44 bits per heavy atom. The van der Waals surface area contributed by atoms with E-state index in [0.29, 0.717) is 6.29 Å². The number of hydrogen-bond acceptors (Lipinski definition) is 2. The van der Waals surface area contributed by atoms with Crippen LogP contribution < -0.4 is 0 Å². The fraction of sp³-hybridized carbons (Fsp3) is 0. The van der Waals surface area contributed by atoms with Crippen molar-refractivity contribution in [2.45, 2.75) is 0 Å². The highest BCUT2D eigenvalue weighted by Crippen LogP contribution is 2.18. The molecule has 0 unspecified atom stereocenters. The van der Waals surface area contributed by atoms with Crippen molar-refractivity contribution >= 4 is 22.2 Å². The van der Waals surface area contributed by atoms with Crippen LogP contribution in [0.2, 0.25) is 0 Å². The van der Waals surface area contributed by atoms with Crippen LogP contribution in [0.4, 0.5) is 4.39 Å². The lowest BCUT2D eigenvalue weighted by molar-refractivity contribution is 0.111. The van der Waals surface area contributed by atoms with E-state index in [-0.39, 0.29) is 10.2 Å². The summed E-state index contributed by atoms with van der Waals surface area (Å²) in [6.45, 7) is 0. The van der Waals surface area contributed by atoms with E-state index in [1.54, 1.807) is 0 Å². The summed E-state index contributed by atoms with van der Waals surface area (Å²) in [7, 11) is 0. The van der Waals surface area contributed by atoms with Crippen LogP contribution in [0.1, 0.15) is 10.4 Å². The molecule has 0 radical (unpaired) electrons. The molecule has 1 aromatic rings. The van der Waals surface area contributed by atoms with Crippen molar-refractivity contribution in [2.75, 3.05) is 0 Å². The van der Waals surface area contributed by atoms with Gasteiger partial charge in [0.2, 0.25) is 0 Å². The molecule has 9 heavy (non-hydrogen) atoms. The second-order valence-corrected chi connectivity index (χ2v) is 2.11. The molecule has 2 nitrogen and oxygen atoms in total. The van der Waals surface area contributed by atoms with Gasteiger partial charge in [-0.1, -0.05) is 0 Å². The Morgan fingerprint density at radius 1 is 1.78 bits per heavy atom. The molecule has 0 amide bonds. The first-order valence-corrected chi connectivity index (χ1v) is 2.92. The van der Waals surface area contributed by atoms with Crippen LogP contribution >= 0.6 is 15.9 Å². The summed E-state index contributed by atoms with van der Waals surface area (Å²) in [4.78, 5) is 9.98. The van der Waals surface area contributed by atoms with E-state index in [0.717, 1.165) is 6.26 Å². The molecule has 0 spiro atoms. The van der Waals surface area contributed by atoms with E-state index < -0.39 is 5.82 Å². The second-order valence-electron chi connectivity index (χ2n) is 1.39. The van der Waals surface area contributed by atoms with Gasteiger partial charge in [-0.25, -0.2) is 4.39 Å². The van der Waals surface area contributed by atoms with Crippen LogP contribution in [0, 0.1) is 5.82 Å². The fourth-order valence-corrected chi connectivity index (χ4v) is 0.803. The van der Waals surface area contributed by atoms with Crippen molar-refractivity contribution < 1.29 is 13.6 Å². The molecule has 0 N–H and O–H groups in total. The number of rotatable bonds is 1. The van der Waals surface area contributed by atoms with Gasteiger partial charge in [-0.15, -0.1) is 0 Å². The van der Waals surface area contributed by atoms with Gasteiger partial charge >= 0.3 is 0 Å². The third-order valence-electron chi connectivity index (χ3n) is 0.853. The third-order valence-corrected chi connectivity index (χ3v) is 1.47. The minimum Gasteiger partial charge on any atom is -0.454 e. The molecular formula is C5H2BrFO2. The maximum atomic E-state index is 12.3. The van der Waals surface area contributed by atoms with Crippen molar-refractivity contribution in [1.82, 2.24) is 0 Å². The molecule has 0 bridgehead atoms. The van der Waals surface area contributed by atoms with Crippen LogP contribution in [0.15, 0.2) is 15.3 Å². The van der Waals surface area contributed by atoms with Gasteiger partial charge in [0.1, 0.15) is 11.8 Å². The highest BCUT2D eigenvalue weighted by Gasteiger charge is 2.08. The smallest absolute Gasteiger partial charge is 0.182 e. The zero-order valence-corrected chi connectivity index (χ0v) is 5.81. The molecule has 4 heteroatoms. The summed E-state index contributed by atoms with van der Waals surface area (Å²) >= 11 is 2.84. The van der Waals surface area contributed by atoms with Crippen LogP contribution in [-0.2, 0) is 0 Å². The number of carbonyl (C=O) groups is 1.